The third kappa shape index (κ3) is 6.19. The molecule has 1 aliphatic rings. The highest BCUT2D eigenvalue weighted by atomic mass is 35.5. The van der Waals surface area contributed by atoms with Crippen LogP contribution in [0.15, 0.2) is 42.5 Å². The van der Waals surface area contributed by atoms with E-state index in [1.807, 2.05) is 49.4 Å². The van der Waals surface area contributed by atoms with Gasteiger partial charge in [-0.1, -0.05) is 35.9 Å². The first-order valence-corrected chi connectivity index (χ1v) is 9.86. The predicted molar refractivity (Wildman–Crippen MR) is 110 cm³/mol. The van der Waals surface area contributed by atoms with Gasteiger partial charge in [-0.15, -0.1) is 0 Å². The van der Waals surface area contributed by atoms with E-state index in [4.69, 9.17) is 26.2 Å². The maximum absolute atomic E-state index is 10.0. The van der Waals surface area contributed by atoms with Crippen molar-refractivity contribution in [1.82, 2.24) is 0 Å². The van der Waals surface area contributed by atoms with E-state index >= 15 is 0 Å². The molecule has 3 N–H and O–H groups in total. The largest absolute Gasteiger partial charge is 0.494 e. The van der Waals surface area contributed by atoms with Crippen molar-refractivity contribution in [3.8, 4) is 5.75 Å². The van der Waals surface area contributed by atoms with Crippen molar-refractivity contribution in [3.63, 3.8) is 0 Å². The van der Waals surface area contributed by atoms with E-state index in [1.165, 1.54) is 0 Å². The molecular formula is C22H29ClO5. The summed E-state index contributed by atoms with van der Waals surface area (Å²) >= 11 is 6.40. The van der Waals surface area contributed by atoms with Gasteiger partial charge >= 0.3 is 0 Å². The van der Waals surface area contributed by atoms with Gasteiger partial charge in [0.05, 0.1) is 31.5 Å². The van der Waals surface area contributed by atoms with Crippen LogP contribution in [-0.2, 0) is 11.2 Å². The molecule has 3 rings (SSSR count). The molecule has 0 saturated carbocycles. The van der Waals surface area contributed by atoms with Gasteiger partial charge in [0.2, 0.25) is 0 Å². The van der Waals surface area contributed by atoms with Gasteiger partial charge in [-0.25, -0.2) is 0 Å². The third-order valence-electron chi connectivity index (χ3n) is 4.65. The maximum atomic E-state index is 10.0. The van der Waals surface area contributed by atoms with Crippen molar-refractivity contribution in [2.75, 3.05) is 20.3 Å². The topological polar surface area (TPSA) is 79.2 Å². The smallest absolute Gasteiger partial charge is 0.119 e. The Hall–Kier alpha value is -1.63. The number of aliphatic hydroxyl groups excluding tert-OH is 3. The van der Waals surface area contributed by atoms with Gasteiger partial charge in [-0.05, 0) is 48.2 Å². The standard InChI is InChI=1S/C21H25ClO4.CH4O/c1-2-25-18-6-3-14(4-7-18)9-16-10-15(5-8-20(16)22)21-12-17(24)11-19(13-23)26-21;1-2/h3-8,10,17,19,21,23-24H,2,9,11-13H2,1H3;2H,1H3. The number of aliphatic hydroxyl groups is 3. The second-order valence-corrected chi connectivity index (χ2v) is 7.07. The number of benzene rings is 2. The van der Waals surface area contributed by atoms with E-state index < -0.39 is 6.10 Å². The van der Waals surface area contributed by atoms with Crippen molar-refractivity contribution in [2.24, 2.45) is 0 Å². The highest BCUT2D eigenvalue weighted by Crippen LogP contribution is 2.33. The molecule has 6 heteroatoms. The summed E-state index contributed by atoms with van der Waals surface area (Å²) in [4.78, 5) is 0. The Morgan fingerprint density at radius 2 is 1.82 bits per heavy atom. The van der Waals surface area contributed by atoms with Crippen LogP contribution in [0.1, 0.15) is 42.6 Å². The minimum atomic E-state index is -0.462. The molecule has 0 spiro atoms. The Balaban J connectivity index is 0.00000136. The van der Waals surface area contributed by atoms with Crippen LogP contribution in [0.4, 0.5) is 0 Å². The van der Waals surface area contributed by atoms with Gasteiger partial charge in [0.1, 0.15) is 5.75 Å². The quantitative estimate of drug-likeness (QED) is 0.681. The van der Waals surface area contributed by atoms with E-state index in [2.05, 4.69) is 0 Å². The molecule has 5 nitrogen and oxygen atoms in total. The highest BCUT2D eigenvalue weighted by molar-refractivity contribution is 6.31. The fraction of sp³-hybridized carbons (Fsp3) is 0.455. The second-order valence-electron chi connectivity index (χ2n) is 6.66. The molecule has 1 aliphatic heterocycles. The van der Waals surface area contributed by atoms with Crippen molar-refractivity contribution in [2.45, 2.75) is 44.5 Å². The fourth-order valence-electron chi connectivity index (χ4n) is 3.34. The Morgan fingerprint density at radius 1 is 1.11 bits per heavy atom. The molecule has 3 atom stereocenters. The Labute approximate surface area is 171 Å². The lowest BCUT2D eigenvalue weighted by Crippen LogP contribution is -2.33. The lowest BCUT2D eigenvalue weighted by molar-refractivity contribution is -0.113. The zero-order valence-corrected chi connectivity index (χ0v) is 17.1. The lowest BCUT2D eigenvalue weighted by Gasteiger charge is -2.32. The van der Waals surface area contributed by atoms with Crippen LogP contribution < -0.4 is 4.74 Å². The van der Waals surface area contributed by atoms with Gasteiger partial charge in [0, 0.05) is 25.0 Å². The Bertz CT molecular complexity index is 719. The van der Waals surface area contributed by atoms with E-state index in [0.717, 1.165) is 29.5 Å². The normalized spacial score (nSPS) is 21.6. The summed E-state index contributed by atoms with van der Waals surface area (Å²) in [5, 5.41) is 27.1. The summed E-state index contributed by atoms with van der Waals surface area (Å²) in [6.45, 7) is 2.53. The van der Waals surface area contributed by atoms with E-state index in [0.29, 0.717) is 30.9 Å². The molecule has 0 amide bonds. The molecular weight excluding hydrogens is 380 g/mol. The average Bonchev–Trinajstić information content (AvgIpc) is 2.72. The maximum Gasteiger partial charge on any atom is 0.119 e. The van der Waals surface area contributed by atoms with Crippen LogP contribution in [0.5, 0.6) is 5.75 Å². The Morgan fingerprint density at radius 3 is 2.46 bits per heavy atom. The first kappa shape index (κ1) is 22.7. The van der Waals surface area contributed by atoms with Crippen molar-refractivity contribution >= 4 is 11.6 Å². The van der Waals surface area contributed by atoms with E-state index in [-0.39, 0.29) is 18.8 Å². The SMILES string of the molecule is CCOc1ccc(Cc2cc(C3CC(O)CC(CO)O3)ccc2Cl)cc1.CO. The summed E-state index contributed by atoms with van der Waals surface area (Å²) in [7, 11) is 1.00. The molecule has 1 fully saturated rings. The van der Waals surface area contributed by atoms with Gasteiger partial charge in [0.25, 0.3) is 0 Å². The van der Waals surface area contributed by atoms with Crippen LogP contribution >= 0.6 is 11.6 Å². The first-order chi connectivity index (χ1) is 13.6. The van der Waals surface area contributed by atoms with Crippen LogP contribution in [-0.4, -0.2) is 47.9 Å². The molecule has 0 radical (unpaired) electrons. The molecule has 3 unspecified atom stereocenters. The summed E-state index contributed by atoms with van der Waals surface area (Å²) in [5.74, 6) is 0.857. The summed E-state index contributed by atoms with van der Waals surface area (Å²) in [5.41, 5.74) is 3.13. The van der Waals surface area contributed by atoms with Crippen molar-refractivity contribution in [3.05, 3.63) is 64.2 Å². The summed E-state index contributed by atoms with van der Waals surface area (Å²) in [6, 6.07) is 13.8. The number of halogens is 1. The molecule has 1 heterocycles. The number of ether oxygens (including phenoxy) is 2. The number of hydrogen-bond donors (Lipinski definition) is 3. The van der Waals surface area contributed by atoms with Crippen LogP contribution in [0.3, 0.4) is 0 Å². The van der Waals surface area contributed by atoms with Crippen LogP contribution in [0.25, 0.3) is 0 Å². The summed E-state index contributed by atoms with van der Waals surface area (Å²) < 4.78 is 11.4. The minimum Gasteiger partial charge on any atom is -0.494 e. The van der Waals surface area contributed by atoms with Crippen LogP contribution in [0, 0.1) is 0 Å². The highest BCUT2D eigenvalue weighted by Gasteiger charge is 2.29. The molecule has 0 aromatic heterocycles. The molecule has 0 bridgehead atoms. The number of rotatable bonds is 6. The zero-order valence-electron chi connectivity index (χ0n) is 16.3. The van der Waals surface area contributed by atoms with Crippen molar-refractivity contribution < 1.29 is 24.8 Å². The van der Waals surface area contributed by atoms with E-state index in [1.54, 1.807) is 0 Å². The molecule has 154 valence electrons. The fourth-order valence-corrected chi connectivity index (χ4v) is 3.53. The molecule has 2 aromatic carbocycles. The van der Waals surface area contributed by atoms with Gasteiger partial charge in [-0.3, -0.25) is 0 Å². The minimum absolute atomic E-state index is 0.0831. The average molecular weight is 409 g/mol. The van der Waals surface area contributed by atoms with Gasteiger partial charge in [0.15, 0.2) is 0 Å². The molecule has 1 saturated heterocycles. The first-order valence-electron chi connectivity index (χ1n) is 9.48. The second kappa shape index (κ2) is 11.4. The molecule has 2 aromatic rings. The zero-order chi connectivity index (χ0) is 20.5. The Kier molecular flexibility index (Phi) is 9.22. The number of hydrogen-bond acceptors (Lipinski definition) is 5. The third-order valence-corrected chi connectivity index (χ3v) is 5.02. The molecule has 28 heavy (non-hydrogen) atoms. The van der Waals surface area contributed by atoms with Gasteiger partial charge in [-0.2, -0.15) is 0 Å². The van der Waals surface area contributed by atoms with Crippen molar-refractivity contribution in [1.29, 1.82) is 0 Å². The van der Waals surface area contributed by atoms with Gasteiger partial charge < -0.3 is 24.8 Å². The predicted octanol–water partition coefficient (Wildman–Crippen LogP) is 3.51. The monoisotopic (exact) mass is 408 g/mol. The summed E-state index contributed by atoms with van der Waals surface area (Å²) in [6.07, 6.45) is 0.690. The molecule has 0 aliphatic carbocycles. The van der Waals surface area contributed by atoms with E-state index in [9.17, 15) is 10.2 Å². The lowest BCUT2D eigenvalue weighted by atomic mass is 9.94. The van der Waals surface area contributed by atoms with Crippen LogP contribution in [0.2, 0.25) is 5.02 Å².